The summed E-state index contributed by atoms with van der Waals surface area (Å²) >= 11 is 0. The minimum atomic E-state index is -0.965. The fourth-order valence-electron chi connectivity index (χ4n) is 2.67. The molecule has 7 heteroatoms. The summed E-state index contributed by atoms with van der Waals surface area (Å²) in [6, 6.07) is 21.6. The Morgan fingerprint density at radius 2 is 1.24 bits per heavy atom. The Kier molecular flexibility index (Phi) is 6.32. The SMILES string of the molecule is O=C(OCc1ccccc1)c1cccc([N+](=O)[O-])c1C(=O)OCc1ccccc1. The van der Waals surface area contributed by atoms with E-state index in [1.54, 1.807) is 48.5 Å². The number of carbonyl (C=O) groups is 2. The van der Waals surface area contributed by atoms with Gasteiger partial charge in [-0.3, -0.25) is 10.1 Å². The molecule has 3 aromatic rings. The zero-order valence-corrected chi connectivity index (χ0v) is 15.3. The van der Waals surface area contributed by atoms with Crippen LogP contribution in [0.15, 0.2) is 78.9 Å². The summed E-state index contributed by atoms with van der Waals surface area (Å²) in [4.78, 5) is 35.8. The molecule has 0 aliphatic rings. The van der Waals surface area contributed by atoms with Crippen LogP contribution in [-0.4, -0.2) is 16.9 Å². The molecule has 0 saturated heterocycles. The van der Waals surface area contributed by atoms with E-state index in [4.69, 9.17) is 9.47 Å². The molecule has 0 spiro atoms. The maximum absolute atomic E-state index is 12.6. The molecular weight excluding hydrogens is 374 g/mol. The van der Waals surface area contributed by atoms with Crippen molar-refractivity contribution in [2.24, 2.45) is 0 Å². The van der Waals surface area contributed by atoms with Gasteiger partial charge in [0.2, 0.25) is 0 Å². The third-order valence-corrected chi connectivity index (χ3v) is 4.09. The van der Waals surface area contributed by atoms with Crippen molar-refractivity contribution in [1.29, 1.82) is 0 Å². The molecule has 7 nitrogen and oxygen atoms in total. The number of nitro groups is 1. The van der Waals surface area contributed by atoms with Crippen LogP contribution in [0.3, 0.4) is 0 Å². The zero-order chi connectivity index (χ0) is 20.6. The molecule has 0 saturated carbocycles. The Hall–Kier alpha value is -4.00. The number of hydrogen-bond acceptors (Lipinski definition) is 6. The second-order valence-electron chi connectivity index (χ2n) is 6.08. The first-order chi connectivity index (χ1) is 14.1. The molecule has 0 unspecified atom stereocenters. The van der Waals surface area contributed by atoms with Gasteiger partial charge in [0.25, 0.3) is 5.69 Å². The number of esters is 2. The lowest BCUT2D eigenvalue weighted by molar-refractivity contribution is -0.385. The van der Waals surface area contributed by atoms with E-state index in [1.807, 2.05) is 12.1 Å². The monoisotopic (exact) mass is 391 g/mol. The van der Waals surface area contributed by atoms with Crippen molar-refractivity contribution in [2.75, 3.05) is 0 Å². The minimum absolute atomic E-state index is 0.0269. The molecule has 0 aromatic heterocycles. The predicted molar refractivity (Wildman–Crippen MR) is 104 cm³/mol. The molecule has 0 heterocycles. The van der Waals surface area contributed by atoms with Crippen LogP contribution in [0.25, 0.3) is 0 Å². The van der Waals surface area contributed by atoms with E-state index in [9.17, 15) is 19.7 Å². The Balaban J connectivity index is 1.83. The number of ether oxygens (including phenoxy) is 2. The van der Waals surface area contributed by atoms with Crippen molar-refractivity contribution in [2.45, 2.75) is 13.2 Å². The highest BCUT2D eigenvalue weighted by atomic mass is 16.6. The van der Waals surface area contributed by atoms with Gasteiger partial charge in [0.15, 0.2) is 5.56 Å². The summed E-state index contributed by atoms with van der Waals surface area (Å²) in [6.07, 6.45) is 0. The molecule has 0 radical (unpaired) electrons. The molecule has 0 N–H and O–H groups in total. The van der Waals surface area contributed by atoms with Gasteiger partial charge in [-0.2, -0.15) is 0 Å². The predicted octanol–water partition coefficient (Wildman–Crippen LogP) is 4.31. The van der Waals surface area contributed by atoms with Crippen molar-refractivity contribution in [3.63, 3.8) is 0 Å². The Labute approximate surface area is 166 Å². The van der Waals surface area contributed by atoms with Crippen molar-refractivity contribution in [3.8, 4) is 0 Å². The van der Waals surface area contributed by atoms with E-state index in [0.717, 1.165) is 11.6 Å². The third-order valence-electron chi connectivity index (χ3n) is 4.09. The molecule has 29 heavy (non-hydrogen) atoms. The summed E-state index contributed by atoms with van der Waals surface area (Å²) in [5.41, 5.74) is 0.309. The minimum Gasteiger partial charge on any atom is -0.457 e. The zero-order valence-electron chi connectivity index (χ0n) is 15.3. The fourth-order valence-corrected chi connectivity index (χ4v) is 2.67. The number of nitrogens with zero attached hydrogens (tertiary/aromatic N) is 1. The van der Waals surface area contributed by atoms with E-state index in [1.165, 1.54) is 12.1 Å². The number of carbonyl (C=O) groups excluding carboxylic acids is 2. The van der Waals surface area contributed by atoms with E-state index in [-0.39, 0.29) is 18.8 Å². The third kappa shape index (κ3) is 5.04. The van der Waals surface area contributed by atoms with Gasteiger partial charge in [0.05, 0.1) is 10.5 Å². The smallest absolute Gasteiger partial charge is 0.346 e. The number of rotatable bonds is 7. The summed E-state index contributed by atoms with van der Waals surface area (Å²) in [5.74, 6) is -1.81. The Morgan fingerprint density at radius 1 is 0.724 bits per heavy atom. The van der Waals surface area contributed by atoms with Gasteiger partial charge in [-0.15, -0.1) is 0 Å². The summed E-state index contributed by atoms with van der Waals surface area (Å²) < 4.78 is 10.4. The highest BCUT2D eigenvalue weighted by molar-refractivity contribution is 6.06. The van der Waals surface area contributed by atoms with E-state index in [0.29, 0.717) is 5.56 Å². The first-order valence-corrected chi connectivity index (χ1v) is 8.76. The first kappa shape index (κ1) is 19.8. The van der Waals surface area contributed by atoms with Gasteiger partial charge < -0.3 is 9.47 Å². The van der Waals surface area contributed by atoms with Gasteiger partial charge >= 0.3 is 11.9 Å². The number of nitro benzene ring substituents is 1. The Bertz CT molecular complexity index is 1020. The maximum atomic E-state index is 12.6. The fraction of sp³-hybridized carbons (Fsp3) is 0.0909. The molecule has 0 aliphatic carbocycles. The van der Waals surface area contributed by atoms with Crippen LogP contribution in [0, 0.1) is 10.1 Å². The van der Waals surface area contributed by atoms with Gasteiger partial charge in [-0.05, 0) is 17.2 Å². The van der Waals surface area contributed by atoms with Gasteiger partial charge in [0.1, 0.15) is 13.2 Å². The average Bonchev–Trinajstić information content (AvgIpc) is 2.76. The molecular formula is C22H17NO6. The molecule has 3 aromatic carbocycles. The molecule has 0 bridgehead atoms. The second-order valence-corrected chi connectivity index (χ2v) is 6.08. The van der Waals surface area contributed by atoms with Gasteiger partial charge in [-0.1, -0.05) is 66.7 Å². The molecule has 0 fully saturated rings. The molecule has 146 valence electrons. The highest BCUT2D eigenvalue weighted by Gasteiger charge is 2.29. The first-order valence-electron chi connectivity index (χ1n) is 8.76. The van der Waals surface area contributed by atoms with Crippen LogP contribution in [-0.2, 0) is 22.7 Å². The lowest BCUT2D eigenvalue weighted by Crippen LogP contribution is -2.16. The molecule has 0 atom stereocenters. The van der Waals surface area contributed by atoms with Crippen molar-refractivity contribution < 1.29 is 24.0 Å². The van der Waals surface area contributed by atoms with Crippen LogP contribution in [0.4, 0.5) is 5.69 Å². The summed E-state index contributed by atoms with van der Waals surface area (Å²) in [6.45, 7) is -0.106. The van der Waals surface area contributed by atoms with E-state index in [2.05, 4.69) is 0 Å². The maximum Gasteiger partial charge on any atom is 0.346 e. The van der Waals surface area contributed by atoms with E-state index >= 15 is 0 Å². The van der Waals surface area contributed by atoms with Crippen LogP contribution in [0.2, 0.25) is 0 Å². The number of hydrogen-bond donors (Lipinski definition) is 0. The van der Waals surface area contributed by atoms with Crippen LogP contribution in [0.1, 0.15) is 31.8 Å². The topological polar surface area (TPSA) is 95.7 Å². The standard InChI is InChI=1S/C22H17NO6/c24-21(28-14-16-8-3-1-4-9-16)18-12-7-13-19(23(26)27)20(18)22(25)29-15-17-10-5-2-6-11-17/h1-13H,14-15H2. The molecule has 0 aliphatic heterocycles. The van der Waals surface area contributed by atoms with Crippen LogP contribution in [0.5, 0.6) is 0 Å². The van der Waals surface area contributed by atoms with Gasteiger partial charge in [0, 0.05) is 6.07 Å². The quantitative estimate of drug-likeness (QED) is 0.338. The van der Waals surface area contributed by atoms with Crippen molar-refractivity contribution in [3.05, 3.63) is 111 Å². The lowest BCUT2D eigenvalue weighted by atomic mass is 10.1. The normalized spacial score (nSPS) is 10.2. The van der Waals surface area contributed by atoms with Crippen molar-refractivity contribution in [1.82, 2.24) is 0 Å². The lowest BCUT2D eigenvalue weighted by Gasteiger charge is -2.10. The van der Waals surface area contributed by atoms with Crippen LogP contribution >= 0.6 is 0 Å². The summed E-state index contributed by atoms with van der Waals surface area (Å²) in [5, 5.41) is 11.4. The van der Waals surface area contributed by atoms with Crippen LogP contribution < -0.4 is 0 Å². The van der Waals surface area contributed by atoms with Crippen molar-refractivity contribution >= 4 is 17.6 Å². The Morgan fingerprint density at radius 3 is 1.76 bits per heavy atom. The largest absolute Gasteiger partial charge is 0.457 e. The molecule has 0 amide bonds. The highest BCUT2D eigenvalue weighted by Crippen LogP contribution is 2.25. The second kappa shape index (κ2) is 9.27. The van der Waals surface area contributed by atoms with Gasteiger partial charge in [-0.25, -0.2) is 9.59 Å². The molecule has 3 rings (SSSR count). The van der Waals surface area contributed by atoms with E-state index < -0.39 is 28.1 Å². The summed E-state index contributed by atoms with van der Waals surface area (Å²) in [7, 11) is 0. The number of benzene rings is 3. The average molecular weight is 391 g/mol.